The predicted octanol–water partition coefficient (Wildman–Crippen LogP) is 1.45. The molecule has 0 aliphatic carbocycles. The minimum atomic E-state index is 0.284. The van der Waals surface area contributed by atoms with Gasteiger partial charge in [-0.3, -0.25) is 4.79 Å². The number of rotatable bonds is 0. The molecule has 0 unspecified atom stereocenters. The smallest absolute Gasteiger partial charge is 0.227 e. The zero-order valence-electron chi connectivity index (χ0n) is 6.42. The first-order valence-electron chi connectivity index (χ1n) is 4.05. The van der Waals surface area contributed by atoms with Crippen LogP contribution in [0.3, 0.4) is 0 Å². The molecule has 11 heavy (non-hydrogen) atoms. The van der Waals surface area contributed by atoms with E-state index in [4.69, 9.17) is 0 Å². The zero-order chi connectivity index (χ0) is 7.68. The highest BCUT2D eigenvalue weighted by atomic mass is 16.2. The molecule has 0 aromatic carbocycles. The van der Waals surface area contributed by atoms with Crippen LogP contribution in [0.25, 0.3) is 0 Å². The lowest BCUT2D eigenvalue weighted by Crippen LogP contribution is -2.34. The van der Waals surface area contributed by atoms with Crippen molar-refractivity contribution in [1.29, 1.82) is 0 Å². The second kappa shape index (κ2) is 2.53. The Morgan fingerprint density at radius 2 is 2.27 bits per heavy atom. The molecule has 1 amide bonds. The second-order valence-corrected chi connectivity index (χ2v) is 2.90. The van der Waals surface area contributed by atoms with Gasteiger partial charge in [0.1, 0.15) is 0 Å². The topological polar surface area (TPSA) is 20.3 Å². The van der Waals surface area contributed by atoms with Gasteiger partial charge in [-0.05, 0) is 18.9 Å². The summed E-state index contributed by atoms with van der Waals surface area (Å²) in [5.41, 5.74) is 1.10. The van der Waals surface area contributed by atoms with Gasteiger partial charge in [-0.15, -0.1) is 0 Å². The Morgan fingerprint density at radius 3 is 3.09 bits per heavy atom. The number of hydrogen-bond donors (Lipinski definition) is 0. The third kappa shape index (κ3) is 1.09. The molecule has 58 valence electrons. The molecule has 0 N–H and O–H groups in total. The summed E-state index contributed by atoms with van der Waals surface area (Å²) in [7, 11) is 0. The molecule has 0 saturated heterocycles. The highest BCUT2D eigenvalue weighted by Crippen LogP contribution is 2.20. The van der Waals surface area contributed by atoms with Crippen LogP contribution in [-0.4, -0.2) is 17.4 Å². The van der Waals surface area contributed by atoms with Gasteiger partial charge < -0.3 is 4.90 Å². The van der Waals surface area contributed by atoms with E-state index in [1.165, 1.54) is 0 Å². The van der Waals surface area contributed by atoms with Crippen molar-refractivity contribution in [2.24, 2.45) is 0 Å². The van der Waals surface area contributed by atoms with Crippen LogP contribution in [0.1, 0.15) is 19.3 Å². The van der Waals surface area contributed by atoms with Gasteiger partial charge in [-0.1, -0.05) is 12.2 Å². The van der Waals surface area contributed by atoms with Gasteiger partial charge in [0, 0.05) is 18.7 Å². The fourth-order valence-corrected chi connectivity index (χ4v) is 1.55. The summed E-state index contributed by atoms with van der Waals surface area (Å²) >= 11 is 0. The number of amides is 1. The summed E-state index contributed by atoms with van der Waals surface area (Å²) in [6, 6.07) is 0. The Bertz CT molecular complexity index is 240. The van der Waals surface area contributed by atoms with Crippen molar-refractivity contribution in [3.8, 4) is 0 Å². The van der Waals surface area contributed by atoms with E-state index in [0.29, 0.717) is 6.42 Å². The summed E-state index contributed by atoms with van der Waals surface area (Å²) in [6.07, 6.45) is 8.91. The molecule has 2 nitrogen and oxygen atoms in total. The van der Waals surface area contributed by atoms with E-state index in [2.05, 4.69) is 12.2 Å². The molecule has 2 aliphatic heterocycles. The molecule has 2 aliphatic rings. The summed E-state index contributed by atoms with van der Waals surface area (Å²) < 4.78 is 0. The molecular formula is C9H11NO. The minimum absolute atomic E-state index is 0.284. The van der Waals surface area contributed by atoms with Gasteiger partial charge in [0.15, 0.2) is 0 Å². The number of carbonyl (C=O) groups excluding carboxylic acids is 1. The van der Waals surface area contributed by atoms with Gasteiger partial charge in [0.25, 0.3) is 0 Å². The summed E-state index contributed by atoms with van der Waals surface area (Å²) in [5, 5.41) is 0. The van der Waals surface area contributed by atoms with Crippen molar-refractivity contribution >= 4 is 5.91 Å². The summed E-state index contributed by atoms with van der Waals surface area (Å²) in [6.45, 7) is 0.876. The monoisotopic (exact) mass is 149 g/mol. The maximum atomic E-state index is 11.3. The van der Waals surface area contributed by atoms with E-state index in [-0.39, 0.29) is 5.91 Å². The predicted molar refractivity (Wildman–Crippen MR) is 42.8 cm³/mol. The largest absolute Gasteiger partial charge is 0.312 e. The first-order valence-corrected chi connectivity index (χ1v) is 4.05. The van der Waals surface area contributed by atoms with E-state index < -0.39 is 0 Å². The van der Waals surface area contributed by atoms with Crippen molar-refractivity contribution in [3.05, 3.63) is 23.9 Å². The Kier molecular flexibility index (Phi) is 1.53. The lowest BCUT2D eigenvalue weighted by Gasteiger charge is -2.29. The Labute approximate surface area is 66.2 Å². The molecule has 2 heterocycles. The number of hydrogen-bond acceptors (Lipinski definition) is 1. The van der Waals surface area contributed by atoms with Crippen LogP contribution in [0, 0.1) is 0 Å². The van der Waals surface area contributed by atoms with E-state index in [9.17, 15) is 4.79 Å². The SMILES string of the molecule is O=C1CCC=C2C=CCCN12. The molecule has 0 bridgehead atoms. The normalized spacial score (nSPS) is 23.1. The van der Waals surface area contributed by atoms with Crippen LogP contribution in [0.15, 0.2) is 23.9 Å². The van der Waals surface area contributed by atoms with E-state index in [1.54, 1.807) is 0 Å². The average Bonchev–Trinajstić information content (AvgIpc) is 2.06. The molecule has 0 aromatic heterocycles. The van der Waals surface area contributed by atoms with Gasteiger partial charge in [-0.25, -0.2) is 0 Å². The molecular weight excluding hydrogens is 138 g/mol. The zero-order valence-corrected chi connectivity index (χ0v) is 6.42. The third-order valence-corrected chi connectivity index (χ3v) is 2.13. The fraction of sp³-hybridized carbons (Fsp3) is 0.444. The van der Waals surface area contributed by atoms with Crippen LogP contribution >= 0.6 is 0 Å². The number of allylic oxidation sites excluding steroid dienone is 2. The van der Waals surface area contributed by atoms with E-state index in [1.807, 2.05) is 11.0 Å². The van der Waals surface area contributed by atoms with Crippen molar-refractivity contribution in [2.45, 2.75) is 19.3 Å². The highest BCUT2D eigenvalue weighted by molar-refractivity contribution is 5.80. The van der Waals surface area contributed by atoms with Crippen LogP contribution in [-0.2, 0) is 4.79 Å². The third-order valence-electron chi connectivity index (χ3n) is 2.13. The first kappa shape index (κ1) is 6.65. The van der Waals surface area contributed by atoms with Crippen LogP contribution < -0.4 is 0 Å². The minimum Gasteiger partial charge on any atom is -0.312 e. The number of carbonyl (C=O) groups is 1. The highest BCUT2D eigenvalue weighted by Gasteiger charge is 2.20. The van der Waals surface area contributed by atoms with Crippen molar-refractivity contribution in [1.82, 2.24) is 4.90 Å². The maximum absolute atomic E-state index is 11.3. The standard InChI is InChI=1S/C9H11NO/c11-9-6-3-5-8-4-1-2-7-10(8)9/h1,4-5H,2-3,6-7H2. The second-order valence-electron chi connectivity index (χ2n) is 2.90. The van der Waals surface area contributed by atoms with Crippen molar-refractivity contribution in [2.75, 3.05) is 6.54 Å². The maximum Gasteiger partial charge on any atom is 0.227 e. The van der Waals surface area contributed by atoms with E-state index in [0.717, 1.165) is 25.1 Å². The molecule has 0 saturated carbocycles. The van der Waals surface area contributed by atoms with Crippen LogP contribution in [0.2, 0.25) is 0 Å². The van der Waals surface area contributed by atoms with Crippen molar-refractivity contribution < 1.29 is 4.79 Å². The Morgan fingerprint density at radius 1 is 1.36 bits per heavy atom. The first-order chi connectivity index (χ1) is 5.38. The van der Waals surface area contributed by atoms with Crippen LogP contribution in [0.5, 0.6) is 0 Å². The number of nitrogens with zero attached hydrogens (tertiary/aromatic N) is 1. The quantitative estimate of drug-likeness (QED) is 0.510. The lowest BCUT2D eigenvalue weighted by molar-refractivity contribution is -0.129. The molecule has 0 aromatic rings. The summed E-state index contributed by atoms with van der Waals surface area (Å²) in [4.78, 5) is 13.2. The lowest BCUT2D eigenvalue weighted by atomic mass is 10.1. The fourth-order valence-electron chi connectivity index (χ4n) is 1.55. The molecule has 0 spiro atoms. The molecule has 2 rings (SSSR count). The van der Waals surface area contributed by atoms with Gasteiger partial charge in [-0.2, -0.15) is 0 Å². The Balaban J connectivity index is 2.30. The van der Waals surface area contributed by atoms with Crippen molar-refractivity contribution in [3.63, 3.8) is 0 Å². The molecule has 0 atom stereocenters. The van der Waals surface area contributed by atoms with Gasteiger partial charge >= 0.3 is 0 Å². The average molecular weight is 149 g/mol. The van der Waals surface area contributed by atoms with E-state index >= 15 is 0 Å². The van der Waals surface area contributed by atoms with Gasteiger partial charge in [0.05, 0.1) is 0 Å². The van der Waals surface area contributed by atoms with Gasteiger partial charge in [0.2, 0.25) is 5.91 Å². The molecule has 0 radical (unpaired) electrons. The van der Waals surface area contributed by atoms with Crippen LogP contribution in [0.4, 0.5) is 0 Å². The number of fused-ring (bicyclic) bond motifs is 1. The summed E-state index contributed by atoms with van der Waals surface area (Å²) in [5.74, 6) is 0.284. The Hall–Kier alpha value is -1.05. The molecule has 2 heteroatoms. The molecule has 0 fully saturated rings.